The molecule has 2 rings (SSSR count). The van der Waals surface area contributed by atoms with Crippen molar-refractivity contribution < 1.29 is 4.79 Å². The Kier molecular flexibility index (Phi) is 4.16. The van der Waals surface area contributed by atoms with E-state index in [9.17, 15) is 4.79 Å². The summed E-state index contributed by atoms with van der Waals surface area (Å²) in [5.41, 5.74) is 7.62. The first kappa shape index (κ1) is 14.3. The second-order valence-corrected chi connectivity index (χ2v) is 6.41. The molecule has 19 heavy (non-hydrogen) atoms. The Morgan fingerprint density at radius 3 is 2.68 bits per heavy atom. The molecule has 1 saturated carbocycles. The number of carbonyl (C=O) groups excluding carboxylic acids is 1. The van der Waals surface area contributed by atoms with Crippen LogP contribution in [-0.2, 0) is 4.79 Å². The highest BCUT2D eigenvalue weighted by Crippen LogP contribution is 2.33. The van der Waals surface area contributed by atoms with Crippen LogP contribution in [0.15, 0.2) is 22.7 Å². The van der Waals surface area contributed by atoms with E-state index in [1.54, 1.807) is 0 Å². The van der Waals surface area contributed by atoms with Gasteiger partial charge >= 0.3 is 0 Å². The van der Waals surface area contributed by atoms with Crippen molar-refractivity contribution in [2.75, 3.05) is 24.3 Å². The van der Waals surface area contributed by atoms with Gasteiger partial charge in [0, 0.05) is 30.5 Å². The van der Waals surface area contributed by atoms with Crippen LogP contribution in [0.2, 0.25) is 0 Å². The predicted molar refractivity (Wildman–Crippen MR) is 82.5 cm³/mol. The van der Waals surface area contributed by atoms with Gasteiger partial charge in [-0.25, -0.2) is 0 Å². The minimum absolute atomic E-state index is 0.0107. The van der Waals surface area contributed by atoms with Gasteiger partial charge < -0.3 is 16.0 Å². The van der Waals surface area contributed by atoms with Gasteiger partial charge in [-0.15, -0.1) is 0 Å². The van der Waals surface area contributed by atoms with E-state index < -0.39 is 0 Å². The quantitative estimate of drug-likeness (QED) is 0.894. The number of nitrogens with two attached hydrogens (primary N) is 1. The van der Waals surface area contributed by atoms with Crippen molar-refractivity contribution in [2.24, 2.45) is 5.73 Å². The van der Waals surface area contributed by atoms with Crippen LogP contribution < -0.4 is 16.0 Å². The molecule has 1 amide bonds. The zero-order valence-electron chi connectivity index (χ0n) is 11.4. The Morgan fingerprint density at radius 2 is 2.16 bits per heavy atom. The SMILES string of the molecule is CN(C)c1ccc(Br)cc1NC(=O)CC1(N)CCC1. The molecule has 1 aliphatic rings. The normalized spacial score (nSPS) is 16.6. The maximum absolute atomic E-state index is 12.1. The van der Waals surface area contributed by atoms with E-state index in [2.05, 4.69) is 21.2 Å². The number of amides is 1. The number of hydrogen-bond donors (Lipinski definition) is 2. The fourth-order valence-electron chi connectivity index (χ4n) is 2.32. The van der Waals surface area contributed by atoms with Gasteiger partial charge in [-0.05, 0) is 37.5 Å². The highest BCUT2D eigenvalue weighted by molar-refractivity contribution is 9.10. The van der Waals surface area contributed by atoms with Crippen LogP contribution in [0, 0.1) is 0 Å². The summed E-state index contributed by atoms with van der Waals surface area (Å²) >= 11 is 3.43. The fraction of sp³-hybridized carbons (Fsp3) is 0.500. The molecular formula is C14H20BrN3O. The van der Waals surface area contributed by atoms with Crippen LogP contribution in [0.25, 0.3) is 0 Å². The number of carbonyl (C=O) groups is 1. The molecule has 0 atom stereocenters. The van der Waals surface area contributed by atoms with Gasteiger partial charge in [0.15, 0.2) is 0 Å². The molecule has 0 aromatic heterocycles. The molecule has 0 aliphatic heterocycles. The van der Waals surface area contributed by atoms with Gasteiger partial charge in [-0.1, -0.05) is 15.9 Å². The molecule has 0 spiro atoms. The minimum atomic E-state index is -0.283. The van der Waals surface area contributed by atoms with Crippen molar-refractivity contribution in [2.45, 2.75) is 31.2 Å². The number of halogens is 1. The largest absolute Gasteiger partial charge is 0.376 e. The summed E-state index contributed by atoms with van der Waals surface area (Å²) in [6.07, 6.45) is 3.41. The first-order chi connectivity index (χ1) is 8.89. The fourth-order valence-corrected chi connectivity index (χ4v) is 2.68. The predicted octanol–water partition coefficient (Wildman–Crippen LogP) is 2.73. The van der Waals surface area contributed by atoms with Crippen LogP contribution >= 0.6 is 15.9 Å². The smallest absolute Gasteiger partial charge is 0.226 e. The summed E-state index contributed by atoms with van der Waals surface area (Å²) < 4.78 is 0.944. The Morgan fingerprint density at radius 1 is 1.47 bits per heavy atom. The molecule has 5 heteroatoms. The maximum atomic E-state index is 12.1. The van der Waals surface area contributed by atoms with E-state index in [0.29, 0.717) is 6.42 Å². The van der Waals surface area contributed by atoms with Gasteiger partial charge in [0.2, 0.25) is 5.91 Å². The van der Waals surface area contributed by atoms with E-state index in [1.807, 2.05) is 37.2 Å². The van der Waals surface area contributed by atoms with Crippen molar-refractivity contribution in [3.8, 4) is 0 Å². The standard InChI is InChI=1S/C14H20BrN3O/c1-18(2)12-5-4-10(15)8-11(12)17-13(19)9-14(16)6-3-7-14/h4-5,8H,3,6-7,9,16H2,1-2H3,(H,17,19). The third kappa shape index (κ3) is 3.48. The number of anilines is 2. The molecule has 4 nitrogen and oxygen atoms in total. The Labute approximate surface area is 122 Å². The van der Waals surface area contributed by atoms with Crippen LogP contribution in [0.1, 0.15) is 25.7 Å². The van der Waals surface area contributed by atoms with E-state index in [-0.39, 0.29) is 11.4 Å². The van der Waals surface area contributed by atoms with Crippen molar-refractivity contribution in [1.82, 2.24) is 0 Å². The lowest BCUT2D eigenvalue weighted by Crippen LogP contribution is -2.48. The Bertz CT molecular complexity index is 484. The second-order valence-electron chi connectivity index (χ2n) is 5.50. The highest BCUT2D eigenvalue weighted by Gasteiger charge is 2.34. The lowest BCUT2D eigenvalue weighted by Gasteiger charge is -2.37. The summed E-state index contributed by atoms with van der Waals surface area (Å²) in [7, 11) is 3.91. The maximum Gasteiger partial charge on any atom is 0.226 e. The molecule has 0 bridgehead atoms. The van der Waals surface area contributed by atoms with Crippen LogP contribution in [0.3, 0.4) is 0 Å². The number of hydrogen-bond acceptors (Lipinski definition) is 3. The summed E-state index contributed by atoms with van der Waals surface area (Å²) in [4.78, 5) is 14.1. The summed E-state index contributed by atoms with van der Waals surface area (Å²) in [5, 5.41) is 2.97. The first-order valence-electron chi connectivity index (χ1n) is 6.45. The third-order valence-corrected chi connectivity index (χ3v) is 4.07. The van der Waals surface area contributed by atoms with E-state index in [0.717, 1.165) is 35.1 Å². The number of rotatable bonds is 4. The molecule has 0 unspecified atom stereocenters. The molecule has 1 aromatic rings. The van der Waals surface area contributed by atoms with E-state index >= 15 is 0 Å². The molecule has 3 N–H and O–H groups in total. The first-order valence-corrected chi connectivity index (χ1v) is 7.25. The van der Waals surface area contributed by atoms with Gasteiger partial charge in [-0.2, -0.15) is 0 Å². The molecule has 104 valence electrons. The molecule has 0 heterocycles. The topological polar surface area (TPSA) is 58.4 Å². The summed E-state index contributed by atoms with van der Waals surface area (Å²) in [6.45, 7) is 0. The van der Waals surface area contributed by atoms with Gasteiger partial charge in [0.25, 0.3) is 0 Å². The average molecular weight is 326 g/mol. The zero-order chi connectivity index (χ0) is 14.0. The lowest BCUT2D eigenvalue weighted by molar-refractivity contribution is -0.118. The van der Waals surface area contributed by atoms with E-state index in [4.69, 9.17) is 5.73 Å². The molecule has 0 saturated heterocycles. The van der Waals surface area contributed by atoms with Gasteiger partial charge in [0.1, 0.15) is 0 Å². The van der Waals surface area contributed by atoms with Crippen molar-refractivity contribution in [1.29, 1.82) is 0 Å². The molecule has 1 aromatic carbocycles. The zero-order valence-corrected chi connectivity index (χ0v) is 13.0. The second kappa shape index (κ2) is 5.51. The lowest BCUT2D eigenvalue weighted by atomic mass is 9.75. The van der Waals surface area contributed by atoms with Crippen LogP contribution in [-0.4, -0.2) is 25.5 Å². The van der Waals surface area contributed by atoms with Gasteiger partial charge in [0.05, 0.1) is 11.4 Å². The molecule has 0 radical (unpaired) electrons. The third-order valence-electron chi connectivity index (χ3n) is 3.58. The monoisotopic (exact) mass is 325 g/mol. The van der Waals surface area contributed by atoms with Crippen molar-refractivity contribution in [3.05, 3.63) is 22.7 Å². The van der Waals surface area contributed by atoms with Gasteiger partial charge in [-0.3, -0.25) is 4.79 Å². The van der Waals surface area contributed by atoms with Crippen LogP contribution in [0.5, 0.6) is 0 Å². The van der Waals surface area contributed by atoms with Crippen molar-refractivity contribution >= 4 is 33.2 Å². The number of benzene rings is 1. The highest BCUT2D eigenvalue weighted by atomic mass is 79.9. The van der Waals surface area contributed by atoms with Crippen LogP contribution in [0.4, 0.5) is 11.4 Å². The Balaban J connectivity index is 2.09. The molecule has 1 fully saturated rings. The average Bonchev–Trinajstić information content (AvgIpc) is 2.26. The molecule has 1 aliphatic carbocycles. The minimum Gasteiger partial charge on any atom is -0.376 e. The van der Waals surface area contributed by atoms with E-state index in [1.165, 1.54) is 0 Å². The summed E-state index contributed by atoms with van der Waals surface area (Å²) in [5.74, 6) is -0.0107. The Hall–Kier alpha value is -1.07. The number of nitrogens with one attached hydrogen (secondary N) is 1. The number of nitrogens with zero attached hydrogens (tertiary/aromatic N) is 1. The van der Waals surface area contributed by atoms with Crippen molar-refractivity contribution in [3.63, 3.8) is 0 Å². The molecular weight excluding hydrogens is 306 g/mol. The summed E-state index contributed by atoms with van der Waals surface area (Å²) in [6, 6.07) is 5.85.